The molecule has 206 valence electrons. The average Bonchev–Trinajstić information content (AvgIpc) is 3.45. The fourth-order valence-corrected chi connectivity index (χ4v) is 4.58. The number of hydrogen-bond acceptors (Lipinski definition) is 6. The van der Waals surface area contributed by atoms with E-state index in [0.717, 1.165) is 62.5 Å². The van der Waals surface area contributed by atoms with Crippen LogP contribution in [-0.2, 0) is 6.54 Å². The Kier molecular flexibility index (Phi) is 11.3. The van der Waals surface area contributed by atoms with E-state index in [1.807, 2.05) is 18.6 Å². The summed E-state index contributed by atoms with van der Waals surface area (Å²) < 4.78 is 2.08. The maximum atomic E-state index is 9.60. The predicted octanol–water partition coefficient (Wildman–Crippen LogP) is 5.73. The molecule has 0 bridgehead atoms. The van der Waals surface area contributed by atoms with Gasteiger partial charge in [-0.25, -0.2) is 4.98 Å². The number of hydrogen-bond donors (Lipinski definition) is 3. The SMILES string of the molecule is C=C(NCCCn1ccnc1)c1ccc(N2CCN(c3ccccc3C)CC2)c(/C=C/C=C(/C)O)c1.C=CN. The van der Waals surface area contributed by atoms with Crippen LogP contribution in [-0.4, -0.2) is 47.4 Å². The fraction of sp³-hybridized carbons (Fsp3) is 0.281. The number of aliphatic hydroxyl groups excluding tert-OH is 1. The van der Waals surface area contributed by atoms with Gasteiger partial charge in [-0.2, -0.15) is 0 Å². The van der Waals surface area contributed by atoms with Crippen LogP contribution in [0.1, 0.15) is 30.0 Å². The number of para-hydroxylation sites is 1. The van der Waals surface area contributed by atoms with Crippen LogP contribution in [0, 0.1) is 6.92 Å². The van der Waals surface area contributed by atoms with Gasteiger partial charge in [0.25, 0.3) is 0 Å². The van der Waals surface area contributed by atoms with Crippen molar-refractivity contribution in [2.45, 2.75) is 26.8 Å². The Morgan fingerprint density at radius 1 is 1.10 bits per heavy atom. The molecule has 4 rings (SSSR count). The summed E-state index contributed by atoms with van der Waals surface area (Å²) in [5.74, 6) is 0.291. The molecule has 1 fully saturated rings. The van der Waals surface area contributed by atoms with Gasteiger partial charge in [0.2, 0.25) is 0 Å². The van der Waals surface area contributed by atoms with Crippen molar-refractivity contribution in [2.75, 3.05) is 42.5 Å². The van der Waals surface area contributed by atoms with E-state index in [4.69, 9.17) is 0 Å². The summed E-state index contributed by atoms with van der Waals surface area (Å²) in [7, 11) is 0. The summed E-state index contributed by atoms with van der Waals surface area (Å²) >= 11 is 0. The molecule has 2 aromatic carbocycles. The van der Waals surface area contributed by atoms with E-state index in [1.165, 1.54) is 23.1 Å². The molecule has 4 N–H and O–H groups in total. The summed E-state index contributed by atoms with van der Waals surface area (Å²) in [5, 5.41) is 13.1. The van der Waals surface area contributed by atoms with Crippen molar-refractivity contribution in [3.05, 3.63) is 115 Å². The first kappa shape index (κ1) is 29.2. The van der Waals surface area contributed by atoms with E-state index in [0.29, 0.717) is 5.76 Å². The second kappa shape index (κ2) is 15.1. The quantitative estimate of drug-likeness (QED) is 0.178. The molecule has 0 atom stereocenters. The first-order valence-corrected chi connectivity index (χ1v) is 13.4. The van der Waals surface area contributed by atoms with Crippen LogP contribution in [0.15, 0.2) is 98.5 Å². The number of imidazole rings is 1. The number of rotatable bonds is 10. The first-order valence-electron chi connectivity index (χ1n) is 13.4. The lowest BCUT2D eigenvalue weighted by molar-refractivity contribution is 0.414. The largest absolute Gasteiger partial charge is 0.513 e. The number of aryl methyl sites for hydroxylation is 2. The third-order valence-corrected chi connectivity index (χ3v) is 6.56. The molecule has 1 aliphatic heterocycles. The molecule has 1 aliphatic rings. The minimum absolute atomic E-state index is 0.291. The van der Waals surface area contributed by atoms with Gasteiger partial charge in [0.05, 0.1) is 12.1 Å². The Morgan fingerprint density at radius 2 is 1.79 bits per heavy atom. The van der Waals surface area contributed by atoms with Crippen molar-refractivity contribution in [1.82, 2.24) is 14.9 Å². The molecule has 7 heteroatoms. The number of nitrogens with one attached hydrogen (secondary N) is 1. The van der Waals surface area contributed by atoms with Crippen LogP contribution in [0.2, 0.25) is 0 Å². The molecule has 2 heterocycles. The Morgan fingerprint density at radius 3 is 2.44 bits per heavy atom. The molecule has 0 spiro atoms. The molecular weight excluding hydrogens is 484 g/mol. The van der Waals surface area contributed by atoms with Gasteiger partial charge in [-0.3, -0.25) is 0 Å². The molecule has 39 heavy (non-hydrogen) atoms. The van der Waals surface area contributed by atoms with Crippen molar-refractivity contribution < 1.29 is 5.11 Å². The van der Waals surface area contributed by atoms with Gasteiger partial charge < -0.3 is 30.5 Å². The van der Waals surface area contributed by atoms with E-state index in [9.17, 15) is 5.11 Å². The van der Waals surface area contributed by atoms with Crippen LogP contribution in [0.3, 0.4) is 0 Å². The van der Waals surface area contributed by atoms with Gasteiger partial charge in [-0.05, 0) is 67.4 Å². The highest BCUT2D eigenvalue weighted by Crippen LogP contribution is 2.28. The maximum absolute atomic E-state index is 9.60. The second-order valence-electron chi connectivity index (χ2n) is 9.50. The molecule has 1 saturated heterocycles. The Balaban J connectivity index is 0.00000134. The highest BCUT2D eigenvalue weighted by molar-refractivity contribution is 5.74. The monoisotopic (exact) mass is 526 g/mol. The number of benzene rings is 2. The zero-order valence-electron chi connectivity index (χ0n) is 23.3. The standard InChI is InChI=1S/C30H37N5O.C2H5N/c1-24-8-4-5-11-29(24)34-18-20-35(21-19-34)30-13-12-27(22-28(30)10-6-9-25(2)36)26(3)32-14-7-16-33-17-15-31-23-33;1-2-3/h4-6,8-13,15,17,22-23,32,36H,3,7,14,16,18-21H2,1-2H3;2H,1,3H2/b10-6+,25-9-;. The van der Waals surface area contributed by atoms with E-state index in [1.54, 1.807) is 19.2 Å². The highest BCUT2D eigenvalue weighted by atomic mass is 16.3. The fourth-order valence-electron chi connectivity index (χ4n) is 4.58. The predicted molar refractivity (Wildman–Crippen MR) is 166 cm³/mol. The van der Waals surface area contributed by atoms with Gasteiger partial charge in [0.15, 0.2) is 0 Å². The smallest absolute Gasteiger partial charge is 0.0945 e. The minimum Gasteiger partial charge on any atom is -0.513 e. The van der Waals surface area contributed by atoms with Crippen LogP contribution >= 0.6 is 0 Å². The number of nitrogens with two attached hydrogens (primary N) is 1. The molecule has 0 amide bonds. The van der Waals surface area contributed by atoms with E-state index in [2.05, 4.69) is 99.0 Å². The second-order valence-corrected chi connectivity index (χ2v) is 9.50. The first-order chi connectivity index (χ1) is 18.9. The number of nitrogens with zero attached hydrogens (tertiary/aromatic N) is 4. The van der Waals surface area contributed by atoms with Gasteiger partial charge in [0.1, 0.15) is 0 Å². The van der Waals surface area contributed by atoms with Crippen LogP contribution in [0.4, 0.5) is 11.4 Å². The lowest BCUT2D eigenvalue weighted by Gasteiger charge is -2.38. The van der Waals surface area contributed by atoms with Crippen LogP contribution < -0.4 is 20.9 Å². The van der Waals surface area contributed by atoms with E-state index < -0.39 is 0 Å². The Hall–Kier alpha value is -4.39. The number of aromatic nitrogens is 2. The summed E-state index contributed by atoms with van der Waals surface area (Å²) in [4.78, 5) is 9.02. The molecular formula is C32H42N6O. The topological polar surface area (TPSA) is 82.6 Å². The van der Waals surface area contributed by atoms with Gasteiger partial charge in [0, 0.05) is 68.7 Å². The average molecular weight is 527 g/mol. The Labute approximate surface area is 233 Å². The summed E-state index contributed by atoms with van der Waals surface area (Å²) in [5.41, 5.74) is 11.6. The number of allylic oxidation sites excluding steroid dienone is 3. The third kappa shape index (κ3) is 8.85. The minimum atomic E-state index is 0.291. The molecule has 0 unspecified atom stereocenters. The maximum Gasteiger partial charge on any atom is 0.0945 e. The summed E-state index contributed by atoms with van der Waals surface area (Å²) in [6.45, 7) is 16.9. The third-order valence-electron chi connectivity index (χ3n) is 6.56. The van der Waals surface area contributed by atoms with E-state index >= 15 is 0 Å². The molecule has 7 nitrogen and oxygen atoms in total. The van der Waals surface area contributed by atoms with Crippen molar-refractivity contribution in [3.8, 4) is 0 Å². The lowest BCUT2D eigenvalue weighted by Crippen LogP contribution is -2.47. The number of aliphatic hydroxyl groups is 1. The molecule has 3 aromatic rings. The molecule has 0 radical (unpaired) electrons. The highest BCUT2D eigenvalue weighted by Gasteiger charge is 2.20. The van der Waals surface area contributed by atoms with Crippen LogP contribution in [0.5, 0.6) is 0 Å². The summed E-state index contributed by atoms with van der Waals surface area (Å²) in [6, 6.07) is 15.1. The molecule has 0 aliphatic carbocycles. The van der Waals surface area contributed by atoms with Gasteiger partial charge in [-0.15, -0.1) is 0 Å². The Bertz CT molecular complexity index is 1250. The normalized spacial score (nSPS) is 13.6. The lowest BCUT2D eigenvalue weighted by atomic mass is 10.0. The number of anilines is 2. The van der Waals surface area contributed by atoms with Crippen molar-refractivity contribution in [1.29, 1.82) is 0 Å². The van der Waals surface area contributed by atoms with Crippen molar-refractivity contribution >= 4 is 23.1 Å². The van der Waals surface area contributed by atoms with Crippen LogP contribution in [0.25, 0.3) is 11.8 Å². The van der Waals surface area contributed by atoms with Crippen molar-refractivity contribution in [2.24, 2.45) is 5.73 Å². The van der Waals surface area contributed by atoms with Gasteiger partial charge >= 0.3 is 0 Å². The zero-order chi connectivity index (χ0) is 28.0. The van der Waals surface area contributed by atoms with Crippen molar-refractivity contribution in [3.63, 3.8) is 0 Å². The van der Waals surface area contributed by atoms with Gasteiger partial charge in [-0.1, -0.05) is 49.6 Å². The molecule has 0 saturated carbocycles. The summed E-state index contributed by atoms with van der Waals surface area (Å²) in [6.07, 6.45) is 13.6. The zero-order valence-corrected chi connectivity index (χ0v) is 23.3. The number of piperazine rings is 1. The van der Waals surface area contributed by atoms with E-state index in [-0.39, 0.29) is 0 Å². The molecule has 1 aromatic heterocycles.